The highest BCUT2D eigenvalue weighted by molar-refractivity contribution is 5.96. The van der Waals surface area contributed by atoms with Gasteiger partial charge >= 0.3 is 0 Å². The van der Waals surface area contributed by atoms with Gasteiger partial charge in [-0.1, -0.05) is 0 Å². The molecule has 3 rings (SSSR count). The van der Waals surface area contributed by atoms with Crippen LogP contribution in [0.5, 0.6) is 0 Å². The third-order valence-corrected chi connectivity index (χ3v) is 3.36. The molecule has 2 aromatic heterocycles. The second-order valence-corrected chi connectivity index (χ2v) is 4.98. The normalized spacial score (nSPS) is 10.7. The molecule has 0 bridgehead atoms. The van der Waals surface area contributed by atoms with Crippen LogP contribution in [-0.2, 0) is 12.8 Å². The SMILES string of the molecule is NC(=O)c1ccc2nc(CCCc3cnccn3)cnc2c1. The van der Waals surface area contributed by atoms with Gasteiger partial charge in [-0.05, 0) is 37.5 Å². The second-order valence-electron chi connectivity index (χ2n) is 4.98. The van der Waals surface area contributed by atoms with Crippen molar-refractivity contribution in [1.82, 2.24) is 19.9 Å². The smallest absolute Gasteiger partial charge is 0.248 e. The maximum atomic E-state index is 11.2. The molecule has 110 valence electrons. The minimum atomic E-state index is -0.461. The summed E-state index contributed by atoms with van der Waals surface area (Å²) >= 11 is 0. The summed E-state index contributed by atoms with van der Waals surface area (Å²) in [6.07, 6.45) is 9.48. The van der Waals surface area contributed by atoms with E-state index in [0.717, 1.165) is 36.2 Å². The van der Waals surface area contributed by atoms with Gasteiger partial charge in [-0.25, -0.2) is 4.98 Å². The first kappa shape index (κ1) is 14.1. The summed E-state index contributed by atoms with van der Waals surface area (Å²) in [7, 11) is 0. The van der Waals surface area contributed by atoms with E-state index in [1.165, 1.54) is 0 Å². The molecule has 0 saturated heterocycles. The molecule has 0 unspecified atom stereocenters. The zero-order valence-electron chi connectivity index (χ0n) is 11.9. The van der Waals surface area contributed by atoms with Crippen LogP contribution >= 0.6 is 0 Å². The molecule has 1 amide bonds. The van der Waals surface area contributed by atoms with Crippen LogP contribution in [0.1, 0.15) is 28.2 Å². The minimum Gasteiger partial charge on any atom is -0.366 e. The van der Waals surface area contributed by atoms with Gasteiger partial charge in [-0.15, -0.1) is 0 Å². The summed E-state index contributed by atoms with van der Waals surface area (Å²) in [5.74, 6) is -0.461. The van der Waals surface area contributed by atoms with Gasteiger partial charge in [0.2, 0.25) is 5.91 Å². The van der Waals surface area contributed by atoms with Crippen molar-refractivity contribution in [2.45, 2.75) is 19.3 Å². The number of hydrogen-bond acceptors (Lipinski definition) is 5. The lowest BCUT2D eigenvalue weighted by Gasteiger charge is -2.03. The summed E-state index contributed by atoms with van der Waals surface area (Å²) in [6, 6.07) is 5.10. The third-order valence-electron chi connectivity index (χ3n) is 3.36. The molecule has 2 N–H and O–H groups in total. The quantitative estimate of drug-likeness (QED) is 0.772. The van der Waals surface area contributed by atoms with Crippen molar-refractivity contribution < 1.29 is 4.79 Å². The van der Waals surface area contributed by atoms with Gasteiger partial charge in [-0.2, -0.15) is 0 Å². The summed E-state index contributed by atoms with van der Waals surface area (Å²) in [6.45, 7) is 0. The molecule has 0 radical (unpaired) electrons. The first-order valence-electron chi connectivity index (χ1n) is 7.03. The summed E-state index contributed by atoms with van der Waals surface area (Å²) in [5, 5.41) is 0. The molecule has 0 atom stereocenters. The fraction of sp³-hybridized carbons (Fsp3) is 0.188. The Morgan fingerprint density at radius 3 is 2.64 bits per heavy atom. The van der Waals surface area contributed by atoms with Crippen LogP contribution in [0.15, 0.2) is 43.0 Å². The Labute approximate surface area is 127 Å². The number of aryl methyl sites for hydroxylation is 2. The van der Waals surface area contributed by atoms with Crippen LogP contribution in [-0.4, -0.2) is 25.8 Å². The van der Waals surface area contributed by atoms with Crippen molar-refractivity contribution in [1.29, 1.82) is 0 Å². The highest BCUT2D eigenvalue weighted by atomic mass is 16.1. The Kier molecular flexibility index (Phi) is 4.00. The average Bonchev–Trinajstić information content (AvgIpc) is 2.55. The second kappa shape index (κ2) is 6.26. The van der Waals surface area contributed by atoms with Gasteiger partial charge in [0.05, 0.1) is 22.4 Å². The third kappa shape index (κ3) is 3.22. The number of hydrogen-bond donors (Lipinski definition) is 1. The van der Waals surface area contributed by atoms with E-state index < -0.39 is 5.91 Å². The maximum Gasteiger partial charge on any atom is 0.248 e. The lowest BCUT2D eigenvalue weighted by Crippen LogP contribution is -2.10. The van der Waals surface area contributed by atoms with Crippen molar-refractivity contribution >= 4 is 16.9 Å². The Bertz CT molecular complexity index is 804. The van der Waals surface area contributed by atoms with E-state index in [2.05, 4.69) is 19.9 Å². The van der Waals surface area contributed by atoms with Gasteiger partial charge < -0.3 is 5.73 Å². The van der Waals surface area contributed by atoms with E-state index in [4.69, 9.17) is 5.73 Å². The topological polar surface area (TPSA) is 94.7 Å². The predicted octanol–water partition coefficient (Wildman–Crippen LogP) is 1.69. The van der Waals surface area contributed by atoms with Crippen LogP contribution in [0.2, 0.25) is 0 Å². The van der Waals surface area contributed by atoms with E-state index in [-0.39, 0.29) is 0 Å². The number of carbonyl (C=O) groups excluding carboxylic acids is 1. The number of primary amides is 1. The number of rotatable bonds is 5. The van der Waals surface area contributed by atoms with Crippen LogP contribution in [0, 0.1) is 0 Å². The van der Waals surface area contributed by atoms with Crippen LogP contribution in [0.25, 0.3) is 11.0 Å². The van der Waals surface area contributed by atoms with Gasteiger partial charge in [-0.3, -0.25) is 19.7 Å². The summed E-state index contributed by atoms with van der Waals surface area (Å²) in [5.41, 5.74) is 9.03. The fourth-order valence-corrected chi connectivity index (χ4v) is 2.23. The molecular formula is C16H15N5O. The first-order chi connectivity index (χ1) is 10.7. The van der Waals surface area contributed by atoms with Crippen LogP contribution in [0.3, 0.4) is 0 Å². The van der Waals surface area contributed by atoms with E-state index in [1.807, 2.05) is 0 Å². The zero-order chi connectivity index (χ0) is 15.4. The van der Waals surface area contributed by atoms with Crippen molar-refractivity contribution in [3.05, 3.63) is 59.9 Å². The molecule has 6 nitrogen and oxygen atoms in total. The van der Waals surface area contributed by atoms with E-state index >= 15 is 0 Å². The Balaban J connectivity index is 1.69. The first-order valence-corrected chi connectivity index (χ1v) is 7.03. The Morgan fingerprint density at radius 1 is 1.00 bits per heavy atom. The van der Waals surface area contributed by atoms with Crippen LogP contribution in [0.4, 0.5) is 0 Å². The van der Waals surface area contributed by atoms with Crippen molar-refractivity contribution in [2.24, 2.45) is 5.73 Å². The van der Waals surface area contributed by atoms with Crippen molar-refractivity contribution in [3.8, 4) is 0 Å². The molecule has 0 aliphatic rings. The Hall–Kier alpha value is -2.89. The number of nitrogens with zero attached hydrogens (tertiary/aromatic N) is 4. The van der Waals surface area contributed by atoms with E-state index in [1.54, 1.807) is 43.0 Å². The van der Waals surface area contributed by atoms with Gasteiger partial charge in [0.25, 0.3) is 0 Å². The number of fused-ring (bicyclic) bond motifs is 1. The molecule has 0 spiro atoms. The lowest BCUT2D eigenvalue weighted by atomic mass is 10.1. The Morgan fingerprint density at radius 2 is 1.86 bits per heavy atom. The standard InChI is InChI=1S/C16H15N5O/c17-16(22)11-4-5-14-15(8-11)20-10-13(21-14)3-1-2-12-9-18-6-7-19-12/h4-10H,1-3H2,(H2,17,22). The lowest BCUT2D eigenvalue weighted by molar-refractivity contribution is 0.100. The largest absolute Gasteiger partial charge is 0.366 e. The number of amides is 1. The molecule has 6 heteroatoms. The molecule has 0 aliphatic heterocycles. The maximum absolute atomic E-state index is 11.2. The molecule has 2 heterocycles. The fourth-order valence-electron chi connectivity index (χ4n) is 2.23. The van der Waals surface area contributed by atoms with E-state index in [9.17, 15) is 4.79 Å². The number of benzene rings is 1. The highest BCUT2D eigenvalue weighted by Gasteiger charge is 2.05. The summed E-state index contributed by atoms with van der Waals surface area (Å²) < 4.78 is 0. The molecule has 0 saturated carbocycles. The molecule has 0 aliphatic carbocycles. The molecule has 1 aromatic carbocycles. The van der Waals surface area contributed by atoms with Crippen molar-refractivity contribution in [3.63, 3.8) is 0 Å². The van der Waals surface area contributed by atoms with Crippen molar-refractivity contribution in [2.75, 3.05) is 0 Å². The average molecular weight is 293 g/mol. The zero-order valence-corrected chi connectivity index (χ0v) is 11.9. The van der Waals surface area contributed by atoms with Gasteiger partial charge in [0.15, 0.2) is 0 Å². The molecule has 3 aromatic rings. The number of carbonyl (C=O) groups is 1. The number of nitrogens with two attached hydrogens (primary N) is 1. The monoisotopic (exact) mass is 293 g/mol. The highest BCUT2D eigenvalue weighted by Crippen LogP contribution is 2.13. The molecule has 22 heavy (non-hydrogen) atoms. The minimum absolute atomic E-state index is 0.442. The number of aromatic nitrogens is 4. The van der Waals surface area contributed by atoms with Crippen LogP contribution < -0.4 is 5.73 Å². The molecule has 0 fully saturated rings. The van der Waals surface area contributed by atoms with Gasteiger partial charge in [0, 0.05) is 30.4 Å². The van der Waals surface area contributed by atoms with E-state index in [0.29, 0.717) is 11.1 Å². The molecular weight excluding hydrogens is 278 g/mol. The predicted molar refractivity (Wildman–Crippen MR) is 82.1 cm³/mol. The van der Waals surface area contributed by atoms with Gasteiger partial charge in [0.1, 0.15) is 0 Å². The summed E-state index contributed by atoms with van der Waals surface area (Å²) in [4.78, 5) is 28.3.